The Morgan fingerprint density at radius 3 is 2.76 bits per heavy atom. The largest absolute Gasteiger partial charge is 0.342 e. The molecule has 1 atom stereocenters. The maximum atomic E-state index is 13.1. The van der Waals surface area contributed by atoms with E-state index in [9.17, 15) is 14.0 Å². The summed E-state index contributed by atoms with van der Waals surface area (Å²) in [5.41, 5.74) is 1.47. The van der Waals surface area contributed by atoms with E-state index in [1.807, 2.05) is 22.4 Å². The highest BCUT2D eigenvalue weighted by Gasteiger charge is 2.24. The quantitative estimate of drug-likeness (QED) is 0.645. The van der Waals surface area contributed by atoms with Crippen LogP contribution in [0.15, 0.2) is 58.7 Å². The lowest BCUT2D eigenvalue weighted by molar-refractivity contribution is -0.132. The number of carbonyl (C=O) groups excluding carboxylic acids is 1. The summed E-state index contributed by atoms with van der Waals surface area (Å²) >= 11 is 1.59. The molecule has 0 spiro atoms. The zero-order valence-electron chi connectivity index (χ0n) is 16.0. The molecule has 1 fully saturated rings. The van der Waals surface area contributed by atoms with Gasteiger partial charge in [-0.2, -0.15) is 5.10 Å². The molecule has 1 aliphatic heterocycles. The number of amides is 1. The number of hydrogen-bond acceptors (Lipinski definition) is 4. The molecule has 0 N–H and O–H groups in total. The smallest absolute Gasteiger partial charge is 0.266 e. The Morgan fingerprint density at radius 1 is 1.17 bits per heavy atom. The predicted molar refractivity (Wildman–Crippen MR) is 111 cm³/mol. The van der Waals surface area contributed by atoms with E-state index >= 15 is 0 Å². The van der Waals surface area contributed by atoms with Crippen LogP contribution in [0.4, 0.5) is 4.39 Å². The number of thiophene rings is 1. The van der Waals surface area contributed by atoms with Crippen molar-refractivity contribution < 1.29 is 9.18 Å². The standard InChI is InChI=1S/C22H22FN3O2S/c23-18-7-5-16(6-8-18)13-22(28)25-11-1-3-17(14-25)15-26-21(27)10-9-19(24-26)20-4-2-12-29-20/h2,4-10,12,17H,1,3,11,13-15H2/t17-/m1/s1. The molecule has 7 heteroatoms. The lowest BCUT2D eigenvalue weighted by Gasteiger charge is -2.33. The van der Waals surface area contributed by atoms with Crippen molar-refractivity contribution in [2.24, 2.45) is 5.92 Å². The SMILES string of the molecule is O=C(Cc1ccc(F)cc1)N1CCC[C@@H](Cn2nc(-c3cccs3)ccc2=O)C1. The first-order valence-corrected chi connectivity index (χ1v) is 10.6. The van der Waals surface area contributed by atoms with Gasteiger partial charge < -0.3 is 4.90 Å². The van der Waals surface area contributed by atoms with Gasteiger partial charge >= 0.3 is 0 Å². The maximum Gasteiger partial charge on any atom is 0.266 e. The number of rotatable bonds is 5. The van der Waals surface area contributed by atoms with E-state index in [0.29, 0.717) is 19.6 Å². The number of benzene rings is 1. The second kappa shape index (κ2) is 8.69. The van der Waals surface area contributed by atoms with E-state index < -0.39 is 0 Å². The fraction of sp³-hybridized carbons (Fsp3) is 0.318. The lowest BCUT2D eigenvalue weighted by atomic mass is 9.97. The first kappa shape index (κ1) is 19.5. The van der Waals surface area contributed by atoms with Crippen LogP contribution in [0.2, 0.25) is 0 Å². The molecule has 0 radical (unpaired) electrons. The lowest BCUT2D eigenvalue weighted by Crippen LogP contribution is -2.42. The summed E-state index contributed by atoms with van der Waals surface area (Å²) in [6.07, 6.45) is 2.12. The fourth-order valence-corrected chi connectivity index (χ4v) is 4.40. The van der Waals surface area contributed by atoms with E-state index in [-0.39, 0.29) is 29.6 Å². The van der Waals surface area contributed by atoms with Gasteiger partial charge in [-0.25, -0.2) is 9.07 Å². The first-order valence-electron chi connectivity index (χ1n) is 9.73. The van der Waals surface area contributed by atoms with E-state index in [2.05, 4.69) is 5.10 Å². The minimum Gasteiger partial charge on any atom is -0.342 e. The summed E-state index contributed by atoms with van der Waals surface area (Å²) < 4.78 is 14.6. The minimum atomic E-state index is -0.304. The molecular weight excluding hydrogens is 389 g/mol. The number of nitrogens with zero attached hydrogens (tertiary/aromatic N) is 3. The Morgan fingerprint density at radius 2 is 2.00 bits per heavy atom. The molecule has 3 aromatic rings. The molecule has 4 rings (SSSR count). The number of aromatic nitrogens is 2. The van der Waals surface area contributed by atoms with Crippen molar-refractivity contribution >= 4 is 17.2 Å². The van der Waals surface area contributed by atoms with Gasteiger partial charge in [0.25, 0.3) is 5.56 Å². The summed E-state index contributed by atoms with van der Waals surface area (Å²) in [7, 11) is 0. The van der Waals surface area contributed by atoms with Gasteiger partial charge in [-0.3, -0.25) is 9.59 Å². The molecule has 3 heterocycles. The molecule has 1 aliphatic rings. The number of piperidine rings is 1. The van der Waals surface area contributed by atoms with Crippen molar-refractivity contribution in [3.05, 3.63) is 75.6 Å². The summed E-state index contributed by atoms with van der Waals surface area (Å²) in [5.74, 6) is -0.0828. The highest BCUT2D eigenvalue weighted by atomic mass is 32.1. The zero-order chi connectivity index (χ0) is 20.2. The van der Waals surface area contributed by atoms with Gasteiger partial charge in [-0.15, -0.1) is 11.3 Å². The molecule has 1 saturated heterocycles. The predicted octanol–water partition coefficient (Wildman–Crippen LogP) is 3.59. The Bertz CT molecular complexity index is 1030. The molecule has 5 nitrogen and oxygen atoms in total. The normalized spacial score (nSPS) is 16.7. The van der Waals surface area contributed by atoms with E-state index in [4.69, 9.17) is 0 Å². The number of hydrogen-bond donors (Lipinski definition) is 0. The molecule has 2 aromatic heterocycles. The molecule has 1 amide bonds. The average molecular weight is 412 g/mol. The second-order valence-corrected chi connectivity index (χ2v) is 8.32. The Balaban J connectivity index is 1.42. The van der Waals surface area contributed by atoms with Crippen LogP contribution in [0.3, 0.4) is 0 Å². The topological polar surface area (TPSA) is 55.2 Å². The average Bonchev–Trinajstić information content (AvgIpc) is 3.26. The van der Waals surface area contributed by atoms with E-state index in [1.54, 1.807) is 35.6 Å². The molecule has 150 valence electrons. The van der Waals surface area contributed by atoms with Crippen LogP contribution in [0.25, 0.3) is 10.6 Å². The maximum absolute atomic E-state index is 13.1. The van der Waals surface area contributed by atoms with Gasteiger partial charge in [0.05, 0.1) is 11.3 Å². The Hall–Kier alpha value is -2.80. The van der Waals surface area contributed by atoms with Crippen LogP contribution < -0.4 is 5.56 Å². The van der Waals surface area contributed by atoms with Crippen molar-refractivity contribution in [1.82, 2.24) is 14.7 Å². The third-order valence-electron chi connectivity index (χ3n) is 5.21. The molecule has 0 bridgehead atoms. The first-order chi connectivity index (χ1) is 14.1. The molecule has 0 saturated carbocycles. The summed E-state index contributed by atoms with van der Waals surface area (Å²) in [6.45, 7) is 1.82. The molecule has 0 aliphatic carbocycles. The zero-order valence-corrected chi connectivity index (χ0v) is 16.8. The van der Waals surface area contributed by atoms with Crippen molar-refractivity contribution in [3.63, 3.8) is 0 Å². The van der Waals surface area contributed by atoms with Crippen molar-refractivity contribution in [2.75, 3.05) is 13.1 Å². The second-order valence-electron chi connectivity index (χ2n) is 7.37. The molecule has 1 aromatic carbocycles. The molecule has 29 heavy (non-hydrogen) atoms. The van der Waals surface area contributed by atoms with Gasteiger partial charge in [-0.05, 0) is 54.0 Å². The Kier molecular flexibility index (Phi) is 5.85. The minimum absolute atomic E-state index is 0.0361. The van der Waals surface area contributed by atoms with Gasteiger partial charge in [-0.1, -0.05) is 18.2 Å². The Labute approximate surface area is 172 Å². The van der Waals surface area contributed by atoms with Crippen LogP contribution in [-0.2, 0) is 17.8 Å². The highest BCUT2D eigenvalue weighted by Crippen LogP contribution is 2.22. The van der Waals surface area contributed by atoms with Gasteiger partial charge in [0.2, 0.25) is 5.91 Å². The van der Waals surface area contributed by atoms with Crippen LogP contribution in [0.5, 0.6) is 0 Å². The van der Waals surface area contributed by atoms with Gasteiger partial charge in [0.15, 0.2) is 0 Å². The highest BCUT2D eigenvalue weighted by molar-refractivity contribution is 7.13. The monoisotopic (exact) mass is 411 g/mol. The van der Waals surface area contributed by atoms with Crippen LogP contribution in [0, 0.1) is 11.7 Å². The van der Waals surface area contributed by atoms with Crippen LogP contribution in [0.1, 0.15) is 18.4 Å². The molecular formula is C22H22FN3O2S. The van der Waals surface area contributed by atoms with E-state index in [1.165, 1.54) is 16.8 Å². The summed E-state index contributed by atoms with van der Waals surface area (Å²) in [4.78, 5) is 27.8. The number of halogens is 1. The number of carbonyl (C=O) groups is 1. The van der Waals surface area contributed by atoms with Gasteiger partial charge in [0.1, 0.15) is 11.5 Å². The van der Waals surface area contributed by atoms with Crippen LogP contribution in [-0.4, -0.2) is 33.7 Å². The van der Waals surface area contributed by atoms with E-state index in [0.717, 1.165) is 29.0 Å². The van der Waals surface area contributed by atoms with Crippen LogP contribution >= 0.6 is 11.3 Å². The third-order valence-corrected chi connectivity index (χ3v) is 6.10. The fourth-order valence-electron chi connectivity index (χ4n) is 3.71. The molecule has 0 unspecified atom stereocenters. The number of likely N-dealkylation sites (tertiary alicyclic amines) is 1. The summed E-state index contributed by atoms with van der Waals surface area (Å²) in [6, 6.07) is 13.3. The van der Waals surface area contributed by atoms with Crippen molar-refractivity contribution in [1.29, 1.82) is 0 Å². The third kappa shape index (κ3) is 4.79. The van der Waals surface area contributed by atoms with Crippen molar-refractivity contribution in [3.8, 4) is 10.6 Å². The van der Waals surface area contributed by atoms with Gasteiger partial charge in [0, 0.05) is 25.7 Å². The van der Waals surface area contributed by atoms with Crippen molar-refractivity contribution in [2.45, 2.75) is 25.8 Å². The summed E-state index contributed by atoms with van der Waals surface area (Å²) in [5, 5.41) is 6.51.